The number of benzene rings is 2. The molecule has 1 fully saturated rings. The highest BCUT2D eigenvalue weighted by molar-refractivity contribution is 7.99. The number of carbonyl (C=O) groups is 6. The van der Waals surface area contributed by atoms with E-state index in [0.717, 1.165) is 34.0 Å². The molecule has 55 heavy (non-hydrogen) atoms. The molecule has 0 aromatic heterocycles. The number of thioether (sulfide) groups is 1. The number of rotatable bonds is 18. The van der Waals surface area contributed by atoms with Crippen LogP contribution in [0.2, 0.25) is 0 Å². The highest BCUT2D eigenvalue weighted by atomic mass is 32.2. The Morgan fingerprint density at radius 1 is 0.818 bits per heavy atom. The third-order valence-corrected chi connectivity index (χ3v) is 10.1. The maximum Gasteiger partial charge on any atom is 0.408 e. The first kappa shape index (κ1) is 42.9. The van der Waals surface area contributed by atoms with Gasteiger partial charge in [0.25, 0.3) is 0 Å². The van der Waals surface area contributed by atoms with Gasteiger partial charge in [0.2, 0.25) is 17.6 Å². The molecule has 0 radical (unpaired) electrons. The van der Waals surface area contributed by atoms with Gasteiger partial charge in [-0.2, -0.15) is 11.8 Å². The monoisotopic (exact) mass is 786 g/mol. The van der Waals surface area contributed by atoms with Crippen molar-refractivity contribution in [1.29, 1.82) is 0 Å². The molecular formula is C38H50N4O12S. The van der Waals surface area contributed by atoms with Crippen LogP contribution in [0, 0.1) is 0 Å². The Labute approximate surface area is 324 Å². The van der Waals surface area contributed by atoms with Crippen LogP contribution < -0.4 is 21.3 Å². The quantitative estimate of drug-likeness (QED) is 0.0975. The predicted molar refractivity (Wildman–Crippen MR) is 201 cm³/mol. The van der Waals surface area contributed by atoms with Crippen LogP contribution in [-0.2, 0) is 47.6 Å². The van der Waals surface area contributed by atoms with Gasteiger partial charge < -0.3 is 49.7 Å². The van der Waals surface area contributed by atoms with Gasteiger partial charge in [-0.25, -0.2) is 19.2 Å². The lowest BCUT2D eigenvalue weighted by atomic mass is 9.98. The van der Waals surface area contributed by atoms with E-state index in [2.05, 4.69) is 21.3 Å². The minimum absolute atomic E-state index is 0.000652. The van der Waals surface area contributed by atoms with Crippen molar-refractivity contribution in [3.8, 4) is 11.1 Å². The van der Waals surface area contributed by atoms with E-state index in [4.69, 9.17) is 28.4 Å². The lowest BCUT2D eigenvalue weighted by molar-refractivity contribution is -0.144. The van der Waals surface area contributed by atoms with Crippen molar-refractivity contribution in [2.45, 2.75) is 82.0 Å². The summed E-state index contributed by atoms with van der Waals surface area (Å²) < 4.78 is 31.5. The molecule has 16 nitrogen and oxygen atoms in total. The Bertz CT molecular complexity index is 1670. The maximum atomic E-state index is 13.3. The fourth-order valence-electron chi connectivity index (χ4n) is 6.03. The number of ether oxygens (including phenoxy) is 6. The van der Waals surface area contributed by atoms with Gasteiger partial charge >= 0.3 is 24.1 Å². The second-order valence-electron chi connectivity index (χ2n) is 14.0. The van der Waals surface area contributed by atoms with Crippen molar-refractivity contribution >= 4 is 47.7 Å². The highest BCUT2D eigenvalue weighted by Gasteiger charge is 2.53. The molecule has 2 aromatic rings. The zero-order valence-corrected chi connectivity index (χ0v) is 32.9. The zero-order chi connectivity index (χ0) is 40.3. The Morgan fingerprint density at radius 3 is 1.87 bits per heavy atom. The summed E-state index contributed by atoms with van der Waals surface area (Å²) in [6.45, 7) is 6.76. The smallest absolute Gasteiger partial charge is 0.408 e. The summed E-state index contributed by atoms with van der Waals surface area (Å²) in [6.07, 6.45) is -1.70. The summed E-state index contributed by atoms with van der Waals surface area (Å²) in [6, 6.07) is 11.9. The topological polar surface area (TPSA) is 209 Å². The number of esters is 2. The number of hydrogen-bond donors (Lipinski definition) is 4. The molecule has 1 aliphatic heterocycles. The summed E-state index contributed by atoms with van der Waals surface area (Å²) in [4.78, 5) is 76.3. The number of nitrogens with one attached hydrogen (secondary N) is 4. The summed E-state index contributed by atoms with van der Waals surface area (Å²) in [5.41, 5.74) is 3.49. The van der Waals surface area contributed by atoms with Crippen molar-refractivity contribution in [2.24, 2.45) is 0 Å². The van der Waals surface area contributed by atoms with Crippen LogP contribution in [0.15, 0.2) is 48.5 Å². The zero-order valence-electron chi connectivity index (χ0n) is 32.1. The van der Waals surface area contributed by atoms with Crippen LogP contribution in [-0.4, -0.2) is 118 Å². The molecule has 1 aliphatic carbocycles. The number of hydrogen-bond acceptors (Lipinski definition) is 13. The standard InChI is InChI=1S/C38H50N4O12S/c1-22(39-35(47)52-18-27-25-14-10-8-12-23(25)24-13-9-11-15-26(24)27)32(44)42-30(38(51-7)21-53-38)16-17-31(43)40-28(33(45)49-5)19-55-20-29(34(46)50-6)41-36(48)54-37(2,3)4/h8-15,22,27-30H,16-21H2,1-7H3,(H,39,47)(H,40,43)(H,41,48)(H,42,44)/t22-,28+,29-,30?,38?/m0/s1. The first-order valence-corrected chi connectivity index (χ1v) is 18.9. The molecule has 300 valence electrons. The SMILES string of the molecule is COC(=O)[C@H](CSC[C@@H](NC(=O)CCC(NC(=O)[C@H](C)NC(=O)OCC1c2ccccc2-c2ccccc21)C1(OC)CO1)C(=O)OC)NC(=O)OC(C)(C)C. The first-order chi connectivity index (χ1) is 26.1. The third-order valence-electron chi connectivity index (χ3n) is 8.92. The molecule has 2 aromatic carbocycles. The minimum Gasteiger partial charge on any atom is -0.467 e. The van der Waals surface area contributed by atoms with Crippen molar-refractivity contribution < 1.29 is 57.2 Å². The van der Waals surface area contributed by atoms with E-state index in [1.807, 2.05) is 48.5 Å². The number of alkyl carbamates (subject to hydrolysis) is 2. The fourth-order valence-corrected chi connectivity index (χ4v) is 7.08. The van der Waals surface area contributed by atoms with Crippen molar-refractivity contribution in [2.75, 3.05) is 46.0 Å². The summed E-state index contributed by atoms with van der Waals surface area (Å²) >= 11 is 1.09. The van der Waals surface area contributed by atoms with Gasteiger partial charge in [0, 0.05) is 31.0 Å². The van der Waals surface area contributed by atoms with Gasteiger partial charge in [0.15, 0.2) is 0 Å². The first-order valence-electron chi connectivity index (χ1n) is 17.7. The molecule has 0 saturated carbocycles. The van der Waals surface area contributed by atoms with Gasteiger partial charge in [-0.15, -0.1) is 0 Å². The highest BCUT2D eigenvalue weighted by Crippen LogP contribution is 2.44. The van der Waals surface area contributed by atoms with E-state index in [0.29, 0.717) is 0 Å². The lowest BCUT2D eigenvalue weighted by Gasteiger charge is -2.26. The van der Waals surface area contributed by atoms with E-state index < -0.39 is 71.5 Å². The van der Waals surface area contributed by atoms with E-state index in [-0.39, 0.29) is 43.5 Å². The van der Waals surface area contributed by atoms with Crippen LogP contribution in [0.4, 0.5) is 9.59 Å². The molecule has 1 saturated heterocycles. The number of fused-ring (bicyclic) bond motifs is 3. The largest absolute Gasteiger partial charge is 0.467 e. The van der Waals surface area contributed by atoms with Crippen molar-refractivity contribution in [3.05, 3.63) is 59.7 Å². The lowest BCUT2D eigenvalue weighted by Crippen LogP contribution is -2.53. The van der Waals surface area contributed by atoms with E-state index in [1.54, 1.807) is 20.8 Å². The van der Waals surface area contributed by atoms with Gasteiger partial charge in [-0.05, 0) is 56.4 Å². The number of methoxy groups -OCH3 is 3. The van der Waals surface area contributed by atoms with E-state index in [1.165, 1.54) is 28.3 Å². The third kappa shape index (κ3) is 11.8. The van der Waals surface area contributed by atoms with Gasteiger partial charge in [0.1, 0.15) is 36.9 Å². The molecule has 4 rings (SSSR count). The van der Waals surface area contributed by atoms with Crippen molar-refractivity contribution in [3.63, 3.8) is 0 Å². The molecule has 5 atom stereocenters. The van der Waals surface area contributed by atoms with Gasteiger partial charge in [-0.3, -0.25) is 9.59 Å². The van der Waals surface area contributed by atoms with Crippen LogP contribution in [0.1, 0.15) is 57.6 Å². The van der Waals surface area contributed by atoms with Gasteiger partial charge in [-0.1, -0.05) is 48.5 Å². The van der Waals surface area contributed by atoms with Crippen LogP contribution in [0.5, 0.6) is 0 Å². The van der Waals surface area contributed by atoms with Crippen LogP contribution in [0.3, 0.4) is 0 Å². The number of amides is 4. The second-order valence-corrected chi connectivity index (χ2v) is 15.1. The van der Waals surface area contributed by atoms with Gasteiger partial charge in [0.05, 0.1) is 20.3 Å². The second kappa shape index (κ2) is 19.1. The fraction of sp³-hybridized carbons (Fsp3) is 0.526. The molecule has 4 amide bonds. The van der Waals surface area contributed by atoms with E-state index in [9.17, 15) is 28.8 Å². The maximum absolute atomic E-state index is 13.3. The summed E-state index contributed by atoms with van der Waals surface area (Å²) in [7, 11) is 3.75. The van der Waals surface area contributed by atoms with Crippen LogP contribution >= 0.6 is 11.8 Å². The Balaban J connectivity index is 1.28. The minimum atomic E-state index is -1.18. The molecule has 2 aliphatic rings. The van der Waals surface area contributed by atoms with Crippen LogP contribution in [0.25, 0.3) is 11.1 Å². The molecular weight excluding hydrogens is 737 g/mol. The molecule has 4 N–H and O–H groups in total. The Kier molecular flexibility index (Phi) is 14.9. The number of epoxide rings is 1. The summed E-state index contributed by atoms with van der Waals surface area (Å²) in [5, 5.41) is 10.5. The molecule has 0 spiro atoms. The number of carbonyl (C=O) groups excluding carboxylic acids is 6. The molecule has 1 heterocycles. The van der Waals surface area contributed by atoms with E-state index >= 15 is 0 Å². The molecule has 2 unspecified atom stereocenters. The average Bonchev–Trinajstić information content (AvgIpc) is 3.89. The molecule has 17 heteroatoms. The average molecular weight is 787 g/mol. The Morgan fingerprint density at radius 2 is 1.36 bits per heavy atom. The summed E-state index contributed by atoms with van der Waals surface area (Å²) in [5.74, 6) is -3.89. The predicted octanol–water partition coefficient (Wildman–Crippen LogP) is 3.01. The Hall–Kier alpha value is -4.87. The van der Waals surface area contributed by atoms with Crippen molar-refractivity contribution in [1.82, 2.24) is 21.3 Å². The normalized spacial score (nSPS) is 17.9. The molecule has 0 bridgehead atoms.